The van der Waals surface area contributed by atoms with Crippen molar-refractivity contribution in [3.05, 3.63) is 223 Å². The Morgan fingerprint density at radius 1 is 0.304 bits per heavy atom. The third-order valence-electron chi connectivity index (χ3n) is 11.7. The molecule has 1 aliphatic carbocycles. The molecule has 0 bridgehead atoms. The first-order chi connectivity index (χ1) is 27.5. The van der Waals surface area contributed by atoms with Crippen molar-refractivity contribution in [2.24, 2.45) is 0 Å². The zero-order chi connectivity index (χ0) is 37.6. The number of hydrogen-bond acceptors (Lipinski definition) is 1. The molecule has 0 atom stereocenters. The van der Waals surface area contributed by atoms with Crippen molar-refractivity contribution >= 4 is 27.8 Å². The number of anilines is 3. The van der Waals surface area contributed by atoms with Crippen molar-refractivity contribution in [3.8, 4) is 55.6 Å². The highest BCUT2D eigenvalue weighted by Gasteiger charge is 2.36. The Bertz CT molecular complexity index is 2870. The summed E-state index contributed by atoms with van der Waals surface area (Å²) in [7, 11) is 0. The molecule has 1 heteroatoms. The summed E-state index contributed by atoms with van der Waals surface area (Å²) in [6.45, 7) is 4.72. The quantitative estimate of drug-likeness (QED) is 0.159. The largest absolute Gasteiger partial charge is 0.310 e. The number of benzene rings is 9. The van der Waals surface area contributed by atoms with Crippen LogP contribution in [0.5, 0.6) is 0 Å². The molecule has 0 saturated carbocycles. The van der Waals surface area contributed by atoms with Crippen LogP contribution in [0.3, 0.4) is 0 Å². The summed E-state index contributed by atoms with van der Waals surface area (Å²) < 4.78 is 0. The van der Waals surface area contributed by atoms with Crippen molar-refractivity contribution in [1.29, 1.82) is 0 Å². The van der Waals surface area contributed by atoms with Gasteiger partial charge in [-0.25, -0.2) is 0 Å². The minimum Gasteiger partial charge on any atom is -0.310 e. The van der Waals surface area contributed by atoms with Gasteiger partial charge in [0.2, 0.25) is 0 Å². The van der Waals surface area contributed by atoms with E-state index in [-0.39, 0.29) is 5.41 Å². The number of nitrogens with zero attached hydrogens (tertiary/aromatic N) is 1. The zero-order valence-electron chi connectivity index (χ0n) is 31.7. The van der Waals surface area contributed by atoms with Gasteiger partial charge < -0.3 is 4.90 Å². The molecule has 0 N–H and O–H groups in total. The van der Waals surface area contributed by atoms with Gasteiger partial charge in [-0.1, -0.05) is 184 Å². The Morgan fingerprint density at radius 2 is 0.821 bits per heavy atom. The van der Waals surface area contributed by atoms with E-state index in [1.54, 1.807) is 0 Å². The number of hydrogen-bond donors (Lipinski definition) is 0. The normalized spacial score (nSPS) is 12.6. The molecule has 0 aromatic heterocycles. The molecule has 0 spiro atoms. The van der Waals surface area contributed by atoms with E-state index in [0.29, 0.717) is 0 Å². The number of fused-ring (bicyclic) bond motifs is 4. The van der Waals surface area contributed by atoms with Crippen LogP contribution in [-0.4, -0.2) is 0 Å². The lowest BCUT2D eigenvalue weighted by molar-refractivity contribution is 0.660. The smallest absolute Gasteiger partial charge is 0.0546 e. The predicted octanol–water partition coefficient (Wildman–Crippen LogP) is 15.3. The molecule has 0 aliphatic heterocycles. The molecule has 266 valence electrons. The average molecular weight is 716 g/mol. The molecule has 0 amide bonds. The topological polar surface area (TPSA) is 3.24 Å². The Kier molecular flexibility index (Phi) is 8.23. The summed E-state index contributed by atoms with van der Waals surface area (Å²) in [5.74, 6) is 0. The summed E-state index contributed by atoms with van der Waals surface area (Å²) in [6.07, 6.45) is 0. The van der Waals surface area contributed by atoms with Gasteiger partial charge in [-0.2, -0.15) is 0 Å². The van der Waals surface area contributed by atoms with Crippen LogP contribution in [0.15, 0.2) is 212 Å². The van der Waals surface area contributed by atoms with Crippen LogP contribution in [0.25, 0.3) is 66.4 Å². The van der Waals surface area contributed by atoms with Gasteiger partial charge in [0.1, 0.15) is 0 Å². The number of rotatable bonds is 7. The van der Waals surface area contributed by atoms with Gasteiger partial charge in [-0.05, 0) is 114 Å². The Hall–Kier alpha value is -6.96. The second kappa shape index (κ2) is 13.7. The third kappa shape index (κ3) is 5.90. The van der Waals surface area contributed by atoms with Crippen LogP contribution in [0.2, 0.25) is 0 Å². The highest BCUT2D eigenvalue weighted by Crippen LogP contribution is 2.51. The van der Waals surface area contributed by atoms with E-state index in [2.05, 4.69) is 231 Å². The second-order valence-corrected chi connectivity index (χ2v) is 15.4. The SMILES string of the molecule is CC1(C)c2ccccc2-c2ccc(N(c3ccc(-c4cccc(-c5ccccc5)c4)cc3)c3cc(-c4ccc5ccccc5c4)ccc3-c3ccccc3)cc21. The molecule has 0 fully saturated rings. The monoisotopic (exact) mass is 715 g/mol. The molecule has 10 rings (SSSR count). The molecule has 9 aromatic rings. The van der Waals surface area contributed by atoms with Gasteiger partial charge in [0.15, 0.2) is 0 Å². The summed E-state index contributed by atoms with van der Waals surface area (Å²) in [5.41, 5.74) is 18.2. The zero-order valence-corrected chi connectivity index (χ0v) is 31.7. The van der Waals surface area contributed by atoms with E-state index >= 15 is 0 Å². The van der Waals surface area contributed by atoms with E-state index < -0.39 is 0 Å². The fourth-order valence-corrected chi connectivity index (χ4v) is 8.70. The summed E-state index contributed by atoms with van der Waals surface area (Å²) in [4.78, 5) is 2.47. The van der Waals surface area contributed by atoms with E-state index in [4.69, 9.17) is 0 Å². The first kappa shape index (κ1) is 33.6. The highest BCUT2D eigenvalue weighted by molar-refractivity contribution is 5.94. The molecule has 1 nitrogen and oxygen atoms in total. The molecule has 0 saturated heterocycles. The third-order valence-corrected chi connectivity index (χ3v) is 11.7. The van der Waals surface area contributed by atoms with Gasteiger partial charge in [0, 0.05) is 22.4 Å². The first-order valence-corrected chi connectivity index (χ1v) is 19.5. The van der Waals surface area contributed by atoms with Crippen molar-refractivity contribution in [1.82, 2.24) is 0 Å². The Labute approximate surface area is 329 Å². The van der Waals surface area contributed by atoms with E-state index in [1.165, 1.54) is 77.5 Å². The molecule has 56 heavy (non-hydrogen) atoms. The molecular formula is C55H41N. The fourth-order valence-electron chi connectivity index (χ4n) is 8.70. The van der Waals surface area contributed by atoms with Crippen molar-refractivity contribution in [3.63, 3.8) is 0 Å². The summed E-state index contributed by atoms with van der Waals surface area (Å²) >= 11 is 0. The van der Waals surface area contributed by atoms with E-state index in [9.17, 15) is 0 Å². The standard InChI is InChI=1S/C55H41N/c1-55(2)52-23-12-11-22-50(52)51-33-31-48(37-53(51)55)56(47-29-26-40(27-30-47)44-21-13-20-43(34-44)38-14-5-3-6-15-38)54-36-46(28-32-49(54)41-17-7-4-8-18-41)45-25-24-39-16-9-10-19-42(39)35-45/h3-37H,1-2H3. The maximum atomic E-state index is 2.47. The van der Waals surface area contributed by atoms with E-state index in [1.807, 2.05) is 0 Å². The van der Waals surface area contributed by atoms with Crippen LogP contribution in [0.4, 0.5) is 17.1 Å². The Morgan fingerprint density at radius 3 is 1.59 bits per heavy atom. The predicted molar refractivity (Wildman–Crippen MR) is 238 cm³/mol. The first-order valence-electron chi connectivity index (χ1n) is 19.5. The lowest BCUT2D eigenvalue weighted by Crippen LogP contribution is -2.17. The molecule has 0 heterocycles. The van der Waals surface area contributed by atoms with Gasteiger partial charge in [0.05, 0.1) is 5.69 Å². The van der Waals surface area contributed by atoms with Gasteiger partial charge in [-0.3, -0.25) is 0 Å². The average Bonchev–Trinajstić information content (AvgIpc) is 3.49. The Balaban J connectivity index is 1.16. The van der Waals surface area contributed by atoms with E-state index in [0.717, 1.165) is 17.1 Å². The lowest BCUT2D eigenvalue weighted by Gasteiger charge is -2.30. The molecular weight excluding hydrogens is 675 g/mol. The van der Waals surface area contributed by atoms with Crippen LogP contribution in [0.1, 0.15) is 25.0 Å². The fraction of sp³-hybridized carbons (Fsp3) is 0.0545. The van der Waals surface area contributed by atoms with Gasteiger partial charge >= 0.3 is 0 Å². The van der Waals surface area contributed by atoms with Crippen molar-refractivity contribution in [2.75, 3.05) is 4.90 Å². The van der Waals surface area contributed by atoms with Gasteiger partial charge in [-0.15, -0.1) is 0 Å². The van der Waals surface area contributed by atoms with Crippen LogP contribution < -0.4 is 4.90 Å². The van der Waals surface area contributed by atoms with Crippen molar-refractivity contribution < 1.29 is 0 Å². The van der Waals surface area contributed by atoms with Crippen LogP contribution >= 0.6 is 0 Å². The van der Waals surface area contributed by atoms with Gasteiger partial charge in [0.25, 0.3) is 0 Å². The lowest BCUT2D eigenvalue weighted by atomic mass is 9.82. The highest BCUT2D eigenvalue weighted by atomic mass is 15.1. The molecule has 9 aromatic carbocycles. The summed E-state index contributed by atoms with van der Waals surface area (Å²) in [6, 6.07) is 77.7. The molecule has 0 unspecified atom stereocenters. The minimum absolute atomic E-state index is 0.129. The maximum absolute atomic E-state index is 2.47. The van der Waals surface area contributed by atoms with Crippen LogP contribution in [0, 0.1) is 0 Å². The second-order valence-electron chi connectivity index (χ2n) is 15.4. The maximum Gasteiger partial charge on any atom is 0.0546 e. The minimum atomic E-state index is -0.129. The molecule has 1 aliphatic rings. The van der Waals surface area contributed by atoms with Crippen LogP contribution in [-0.2, 0) is 5.41 Å². The molecule has 0 radical (unpaired) electrons. The summed E-state index contributed by atoms with van der Waals surface area (Å²) in [5, 5.41) is 2.48. The van der Waals surface area contributed by atoms with Crippen molar-refractivity contribution in [2.45, 2.75) is 19.3 Å².